The zero-order valence-electron chi connectivity index (χ0n) is 12.7. The summed E-state index contributed by atoms with van der Waals surface area (Å²) >= 11 is 0. The molecule has 2 atom stereocenters. The summed E-state index contributed by atoms with van der Waals surface area (Å²) in [4.78, 5) is 0. The summed E-state index contributed by atoms with van der Waals surface area (Å²) in [7, 11) is 0. The van der Waals surface area contributed by atoms with Crippen molar-refractivity contribution in [1.29, 1.82) is 0 Å². The Kier molecular flexibility index (Phi) is 5.09. The Bertz CT molecular complexity index is 379. The van der Waals surface area contributed by atoms with E-state index in [4.69, 9.17) is 4.74 Å². The second kappa shape index (κ2) is 6.60. The van der Waals surface area contributed by atoms with E-state index in [-0.39, 0.29) is 0 Å². The van der Waals surface area contributed by atoms with Gasteiger partial charge in [0.1, 0.15) is 5.76 Å². The molecule has 108 valence electrons. The standard InChI is InChI=1S/C17H28O2/c1-4-6-7-8-14-13(5-2)17(18)19-16-11-12(3)9-10-15(14)16/h12,17-18H,4-11H2,1-3H3. The van der Waals surface area contributed by atoms with E-state index in [0.29, 0.717) is 5.92 Å². The molecule has 1 aliphatic heterocycles. The molecule has 1 N–H and O–H groups in total. The zero-order valence-corrected chi connectivity index (χ0v) is 12.7. The van der Waals surface area contributed by atoms with Gasteiger partial charge in [-0.3, -0.25) is 0 Å². The molecule has 1 aliphatic carbocycles. The molecule has 2 rings (SSSR count). The third-order valence-corrected chi connectivity index (χ3v) is 4.47. The van der Waals surface area contributed by atoms with Gasteiger partial charge in [-0.1, -0.05) is 33.6 Å². The Morgan fingerprint density at radius 3 is 2.74 bits per heavy atom. The summed E-state index contributed by atoms with van der Waals surface area (Å²) < 4.78 is 5.78. The molecule has 2 aliphatic rings. The van der Waals surface area contributed by atoms with Crippen LogP contribution in [0.1, 0.15) is 72.1 Å². The SMILES string of the molecule is CCCCCC1=C(CC)C(O)OC2=C1CCC(C)C2. The smallest absolute Gasteiger partial charge is 0.220 e. The molecule has 0 radical (unpaired) electrons. The number of hydrogen-bond acceptors (Lipinski definition) is 2. The van der Waals surface area contributed by atoms with E-state index in [0.717, 1.165) is 37.0 Å². The number of allylic oxidation sites excluding steroid dienone is 3. The Morgan fingerprint density at radius 2 is 2.05 bits per heavy atom. The van der Waals surface area contributed by atoms with Crippen molar-refractivity contribution < 1.29 is 9.84 Å². The van der Waals surface area contributed by atoms with Crippen LogP contribution >= 0.6 is 0 Å². The number of ether oxygens (including phenoxy) is 1. The van der Waals surface area contributed by atoms with Crippen molar-refractivity contribution in [3.8, 4) is 0 Å². The second-order valence-electron chi connectivity index (χ2n) is 6.03. The molecule has 2 heteroatoms. The highest BCUT2D eigenvalue weighted by Gasteiger charge is 2.31. The highest BCUT2D eigenvalue weighted by Crippen LogP contribution is 2.42. The highest BCUT2D eigenvalue weighted by atomic mass is 16.6. The van der Waals surface area contributed by atoms with Gasteiger partial charge in [-0.05, 0) is 49.2 Å². The van der Waals surface area contributed by atoms with Crippen LogP contribution in [-0.2, 0) is 4.74 Å². The molecule has 19 heavy (non-hydrogen) atoms. The predicted molar refractivity (Wildman–Crippen MR) is 78.6 cm³/mol. The minimum atomic E-state index is -0.689. The van der Waals surface area contributed by atoms with E-state index in [1.54, 1.807) is 0 Å². The van der Waals surface area contributed by atoms with Gasteiger partial charge in [-0.2, -0.15) is 0 Å². The third-order valence-electron chi connectivity index (χ3n) is 4.47. The third kappa shape index (κ3) is 3.22. The average molecular weight is 264 g/mol. The van der Waals surface area contributed by atoms with Crippen molar-refractivity contribution in [3.05, 3.63) is 22.5 Å². The van der Waals surface area contributed by atoms with Crippen LogP contribution in [-0.4, -0.2) is 11.4 Å². The van der Waals surface area contributed by atoms with Crippen molar-refractivity contribution in [2.45, 2.75) is 78.4 Å². The van der Waals surface area contributed by atoms with Crippen LogP contribution < -0.4 is 0 Å². The lowest BCUT2D eigenvalue weighted by Gasteiger charge is -2.34. The van der Waals surface area contributed by atoms with Crippen LogP contribution in [0.2, 0.25) is 0 Å². The molecule has 0 fully saturated rings. The molecule has 0 aromatic rings. The van der Waals surface area contributed by atoms with E-state index >= 15 is 0 Å². The van der Waals surface area contributed by atoms with Gasteiger partial charge >= 0.3 is 0 Å². The molecular weight excluding hydrogens is 236 g/mol. The number of hydrogen-bond donors (Lipinski definition) is 1. The second-order valence-corrected chi connectivity index (χ2v) is 6.03. The summed E-state index contributed by atoms with van der Waals surface area (Å²) in [5, 5.41) is 10.2. The average Bonchev–Trinajstić information content (AvgIpc) is 2.38. The van der Waals surface area contributed by atoms with E-state index < -0.39 is 6.29 Å². The zero-order chi connectivity index (χ0) is 13.8. The van der Waals surface area contributed by atoms with Crippen LogP contribution in [0.5, 0.6) is 0 Å². The van der Waals surface area contributed by atoms with Crippen molar-refractivity contribution >= 4 is 0 Å². The molecule has 0 aromatic carbocycles. The van der Waals surface area contributed by atoms with Crippen molar-refractivity contribution in [2.24, 2.45) is 5.92 Å². The fourth-order valence-electron chi connectivity index (χ4n) is 3.31. The van der Waals surface area contributed by atoms with Gasteiger partial charge in [0, 0.05) is 12.0 Å². The quantitative estimate of drug-likeness (QED) is 0.730. The monoisotopic (exact) mass is 264 g/mol. The Balaban J connectivity index is 2.24. The predicted octanol–water partition coefficient (Wildman–Crippen LogP) is 4.70. The maximum atomic E-state index is 10.2. The Hall–Kier alpha value is -0.760. The topological polar surface area (TPSA) is 29.5 Å². The van der Waals surface area contributed by atoms with Gasteiger partial charge in [0.05, 0.1) is 0 Å². The first-order valence-electron chi connectivity index (χ1n) is 7.96. The van der Waals surface area contributed by atoms with Gasteiger partial charge in [-0.15, -0.1) is 0 Å². The Labute approximate surface area is 117 Å². The van der Waals surface area contributed by atoms with Crippen LogP contribution in [0.4, 0.5) is 0 Å². The number of aliphatic hydroxyl groups is 1. The minimum Gasteiger partial charge on any atom is -0.465 e. The van der Waals surface area contributed by atoms with Gasteiger partial charge in [0.25, 0.3) is 0 Å². The fourth-order valence-corrected chi connectivity index (χ4v) is 3.31. The Morgan fingerprint density at radius 1 is 1.26 bits per heavy atom. The molecule has 1 heterocycles. The van der Waals surface area contributed by atoms with Crippen molar-refractivity contribution in [1.82, 2.24) is 0 Å². The summed E-state index contributed by atoms with van der Waals surface area (Å²) in [6.07, 6.45) is 8.47. The molecule has 0 bridgehead atoms. The number of aliphatic hydroxyl groups excluding tert-OH is 1. The van der Waals surface area contributed by atoms with Gasteiger partial charge < -0.3 is 9.84 Å². The highest BCUT2D eigenvalue weighted by molar-refractivity contribution is 5.42. The van der Waals surface area contributed by atoms with Gasteiger partial charge in [-0.25, -0.2) is 0 Å². The molecule has 0 spiro atoms. The fraction of sp³-hybridized carbons (Fsp3) is 0.765. The lowest BCUT2D eigenvalue weighted by atomic mass is 9.81. The maximum Gasteiger partial charge on any atom is 0.220 e. The van der Waals surface area contributed by atoms with Crippen LogP contribution in [0.25, 0.3) is 0 Å². The van der Waals surface area contributed by atoms with E-state index in [2.05, 4.69) is 20.8 Å². The summed E-state index contributed by atoms with van der Waals surface area (Å²) in [5.41, 5.74) is 3.98. The van der Waals surface area contributed by atoms with Crippen LogP contribution in [0.15, 0.2) is 22.5 Å². The molecule has 2 nitrogen and oxygen atoms in total. The van der Waals surface area contributed by atoms with Gasteiger partial charge in [0.15, 0.2) is 0 Å². The molecular formula is C17H28O2. The van der Waals surface area contributed by atoms with E-state index in [1.165, 1.54) is 36.8 Å². The summed E-state index contributed by atoms with van der Waals surface area (Å²) in [6, 6.07) is 0. The molecule has 0 amide bonds. The molecule has 0 saturated heterocycles. The van der Waals surface area contributed by atoms with Crippen molar-refractivity contribution in [2.75, 3.05) is 0 Å². The number of rotatable bonds is 5. The normalized spacial score (nSPS) is 27.4. The van der Waals surface area contributed by atoms with Crippen LogP contribution in [0, 0.1) is 5.92 Å². The molecule has 0 saturated carbocycles. The first kappa shape index (κ1) is 14.6. The lowest BCUT2D eigenvalue weighted by molar-refractivity contribution is -0.0499. The largest absolute Gasteiger partial charge is 0.465 e. The lowest BCUT2D eigenvalue weighted by Crippen LogP contribution is -2.26. The summed E-state index contributed by atoms with van der Waals surface area (Å²) in [6.45, 7) is 6.63. The number of unbranched alkanes of at least 4 members (excludes halogenated alkanes) is 2. The van der Waals surface area contributed by atoms with Crippen molar-refractivity contribution in [3.63, 3.8) is 0 Å². The van der Waals surface area contributed by atoms with E-state index in [1.807, 2.05) is 0 Å². The van der Waals surface area contributed by atoms with E-state index in [9.17, 15) is 5.11 Å². The molecule has 0 aromatic heterocycles. The minimum absolute atomic E-state index is 0.686. The van der Waals surface area contributed by atoms with Crippen LogP contribution in [0.3, 0.4) is 0 Å². The maximum absolute atomic E-state index is 10.2. The molecule has 2 unspecified atom stereocenters. The first-order valence-corrected chi connectivity index (χ1v) is 7.96. The first-order chi connectivity index (χ1) is 9.17. The summed E-state index contributed by atoms with van der Waals surface area (Å²) in [5.74, 6) is 1.76. The van der Waals surface area contributed by atoms with Gasteiger partial charge in [0.2, 0.25) is 6.29 Å².